The molecule has 27 heavy (non-hydrogen) atoms. The molecule has 7 nitrogen and oxygen atoms in total. The van der Waals surface area contributed by atoms with Crippen LogP contribution in [0.5, 0.6) is 28.7 Å². The van der Waals surface area contributed by atoms with Gasteiger partial charge in [0.05, 0.1) is 13.0 Å². The summed E-state index contributed by atoms with van der Waals surface area (Å²) in [6, 6.07) is 5.54. The van der Waals surface area contributed by atoms with Crippen molar-refractivity contribution in [3.8, 4) is 28.7 Å². The lowest BCUT2D eigenvalue weighted by atomic mass is 9.93. The highest BCUT2D eigenvalue weighted by molar-refractivity contribution is 6.02. The lowest BCUT2D eigenvalue weighted by molar-refractivity contribution is 0.0614. The maximum Gasteiger partial charge on any atom is 0.174 e. The van der Waals surface area contributed by atoms with Crippen LogP contribution in [0.25, 0.3) is 6.08 Å². The number of ether oxygens (including phenoxy) is 2. The van der Waals surface area contributed by atoms with Gasteiger partial charge >= 0.3 is 0 Å². The van der Waals surface area contributed by atoms with Gasteiger partial charge in [-0.1, -0.05) is 6.08 Å². The van der Waals surface area contributed by atoms with Gasteiger partial charge in [0, 0.05) is 17.7 Å². The first-order valence-corrected chi connectivity index (χ1v) is 8.41. The second kappa shape index (κ2) is 5.92. The summed E-state index contributed by atoms with van der Waals surface area (Å²) >= 11 is 0. The molecule has 140 valence electrons. The van der Waals surface area contributed by atoms with E-state index in [4.69, 9.17) is 9.47 Å². The maximum absolute atomic E-state index is 12.4. The van der Waals surface area contributed by atoms with E-state index in [0.29, 0.717) is 11.1 Å². The number of aliphatic hydroxyl groups is 1. The van der Waals surface area contributed by atoms with Crippen LogP contribution in [0.1, 0.15) is 40.9 Å². The van der Waals surface area contributed by atoms with Crippen molar-refractivity contribution in [2.45, 2.75) is 25.0 Å². The van der Waals surface area contributed by atoms with Crippen LogP contribution in [0.2, 0.25) is 0 Å². The minimum absolute atomic E-state index is 0.0253. The molecule has 4 rings (SSSR count). The van der Waals surface area contributed by atoms with Crippen molar-refractivity contribution < 1.29 is 34.7 Å². The van der Waals surface area contributed by atoms with Gasteiger partial charge in [-0.15, -0.1) is 0 Å². The summed E-state index contributed by atoms with van der Waals surface area (Å²) in [6.45, 7) is 1.45. The van der Waals surface area contributed by atoms with Gasteiger partial charge in [-0.25, -0.2) is 0 Å². The predicted molar refractivity (Wildman–Crippen MR) is 95.3 cm³/mol. The van der Waals surface area contributed by atoms with Crippen molar-refractivity contribution in [1.82, 2.24) is 0 Å². The van der Waals surface area contributed by atoms with Crippen molar-refractivity contribution in [3.05, 3.63) is 47.0 Å². The highest BCUT2D eigenvalue weighted by Crippen LogP contribution is 2.45. The summed E-state index contributed by atoms with van der Waals surface area (Å²) in [5, 5.41) is 39.4. The first-order chi connectivity index (χ1) is 12.8. The number of Topliss-reactive ketones (excluding diaryl/α,β-unsaturated/α-hetero) is 1. The maximum atomic E-state index is 12.4. The second-order valence-corrected chi connectivity index (χ2v) is 6.94. The average Bonchev–Trinajstić information content (AvgIpc) is 2.61. The average molecular weight is 370 g/mol. The van der Waals surface area contributed by atoms with Crippen LogP contribution in [0.15, 0.2) is 30.3 Å². The van der Waals surface area contributed by atoms with Gasteiger partial charge in [-0.2, -0.15) is 0 Å². The van der Waals surface area contributed by atoms with Crippen LogP contribution in [0.4, 0.5) is 0 Å². The molecule has 0 fully saturated rings. The number of rotatable bonds is 2. The van der Waals surface area contributed by atoms with E-state index in [0.717, 1.165) is 6.07 Å². The molecule has 0 unspecified atom stereocenters. The minimum Gasteiger partial charge on any atom is -0.508 e. The molecule has 0 amide bonds. The van der Waals surface area contributed by atoms with E-state index >= 15 is 0 Å². The molecule has 7 heteroatoms. The summed E-state index contributed by atoms with van der Waals surface area (Å²) in [6.07, 6.45) is 2.70. The van der Waals surface area contributed by atoms with Gasteiger partial charge in [0.2, 0.25) is 0 Å². The zero-order valence-corrected chi connectivity index (χ0v) is 14.5. The molecule has 0 aromatic heterocycles. The fraction of sp³-hybridized carbons (Fsp3) is 0.250. The molecule has 2 aromatic carbocycles. The fourth-order valence-corrected chi connectivity index (χ4v) is 3.31. The van der Waals surface area contributed by atoms with Crippen molar-refractivity contribution in [1.29, 1.82) is 0 Å². The lowest BCUT2D eigenvalue weighted by Gasteiger charge is -2.31. The molecule has 2 aromatic rings. The molecule has 4 N–H and O–H groups in total. The summed E-state index contributed by atoms with van der Waals surface area (Å²) in [7, 11) is 0. The van der Waals surface area contributed by atoms with Gasteiger partial charge in [0.1, 0.15) is 34.5 Å². The van der Waals surface area contributed by atoms with Crippen LogP contribution in [-0.4, -0.2) is 38.4 Å². The number of carbonyl (C=O) groups excluding carboxylic acids is 1. The third-order valence-corrected chi connectivity index (χ3v) is 4.74. The zero-order valence-electron chi connectivity index (χ0n) is 14.5. The molecular weight excluding hydrogens is 352 g/mol. The Hall–Kier alpha value is -3.19. The number of hydrogen-bond acceptors (Lipinski definition) is 7. The minimum atomic E-state index is -0.919. The standard InChI is InChI=1S/C20H18O7/c1-20(9-21)3-2-10-4-11(5-15(25)19(10)27-20)16-8-14(24)18-13(23)6-12(22)7-17(18)26-16/h2-7,16,21-23,25H,8-9H2,1H3/t16-,20-/m0/s1. The van der Waals surface area contributed by atoms with E-state index in [9.17, 15) is 25.2 Å². The first-order valence-electron chi connectivity index (χ1n) is 8.41. The van der Waals surface area contributed by atoms with E-state index in [-0.39, 0.29) is 53.1 Å². The molecule has 0 bridgehead atoms. The fourth-order valence-electron chi connectivity index (χ4n) is 3.31. The van der Waals surface area contributed by atoms with E-state index in [2.05, 4.69) is 0 Å². The molecular formula is C20H18O7. The molecule has 2 aliphatic heterocycles. The SMILES string of the molecule is C[C@@]1(CO)C=Cc2cc([C@@H]3CC(=O)c4c(O)cc(O)cc4O3)cc(O)c2O1. The Bertz CT molecular complexity index is 979. The third-order valence-electron chi connectivity index (χ3n) is 4.74. The highest BCUT2D eigenvalue weighted by atomic mass is 16.5. The molecule has 2 aliphatic rings. The van der Waals surface area contributed by atoms with E-state index < -0.39 is 11.7 Å². The summed E-state index contributed by atoms with van der Waals surface area (Å²) < 4.78 is 11.5. The van der Waals surface area contributed by atoms with Crippen molar-refractivity contribution in [2.24, 2.45) is 0 Å². The van der Waals surface area contributed by atoms with Crippen LogP contribution in [0, 0.1) is 0 Å². The van der Waals surface area contributed by atoms with Crippen molar-refractivity contribution in [2.75, 3.05) is 6.61 Å². The molecule has 0 spiro atoms. The number of phenolic OH excluding ortho intramolecular Hbond substituents is 3. The topological polar surface area (TPSA) is 116 Å². The Balaban J connectivity index is 1.72. The number of fused-ring (bicyclic) bond motifs is 2. The highest BCUT2D eigenvalue weighted by Gasteiger charge is 2.33. The summed E-state index contributed by atoms with van der Waals surface area (Å²) in [5.74, 6) is -0.669. The molecule has 2 heterocycles. The molecule has 0 aliphatic carbocycles. The van der Waals surface area contributed by atoms with Crippen LogP contribution in [0.3, 0.4) is 0 Å². The Morgan fingerprint density at radius 1 is 1.15 bits per heavy atom. The molecule has 2 atom stereocenters. The van der Waals surface area contributed by atoms with Crippen LogP contribution >= 0.6 is 0 Å². The Labute approximate surface area is 154 Å². The Morgan fingerprint density at radius 2 is 1.93 bits per heavy atom. The van der Waals surface area contributed by atoms with Crippen LogP contribution < -0.4 is 9.47 Å². The monoisotopic (exact) mass is 370 g/mol. The summed E-state index contributed by atoms with van der Waals surface area (Å²) in [4.78, 5) is 12.4. The number of phenols is 3. The predicted octanol–water partition coefficient (Wildman–Crippen LogP) is 2.67. The number of aliphatic hydroxyl groups excluding tert-OH is 1. The number of ketones is 1. The van der Waals surface area contributed by atoms with Crippen molar-refractivity contribution >= 4 is 11.9 Å². The van der Waals surface area contributed by atoms with E-state index in [1.54, 1.807) is 25.1 Å². The largest absolute Gasteiger partial charge is 0.508 e. The quantitative estimate of drug-likeness (QED) is 0.642. The van der Waals surface area contributed by atoms with E-state index in [1.807, 2.05) is 0 Å². The smallest absolute Gasteiger partial charge is 0.174 e. The number of aromatic hydroxyl groups is 3. The van der Waals surface area contributed by atoms with Crippen LogP contribution in [-0.2, 0) is 0 Å². The number of benzene rings is 2. The summed E-state index contributed by atoms with van der Waals surface area (Å²) in [5.41, 5.74) is 0.260. The molecule has 0 radical (unpaired) electrons. The Kier molecular flexibility index (Phi) is 3.78. The zero-order chi connectivity index (χ0) is 19.3. The van der Waals surface area contributed by atoms with Gasteiger partial charge in [0.25, 0.3) is 0 Å². The second-order valence-electron chi connectivity index (χ2n) is 6.94. The normalized spacial score (nSPS) is 23.2. The third kappa shape index (κ3) is 2.86. The van der Waals surface area contributed by atoms with Gasteiger partial charge in [-0.3, -0.25) is 4.79 Å². The van der Waals surface area contributed by atoms with Crippen molar-refractivity contribution in [3.63, 3.8) is 0 Å². The van der Waals surface area contributed by atoms with E-state index in [1.165, 1.54) is 12.1 Å². The molecule has 0 saturated heterocycles. The lowest BCUT2D eigenvalue weighted by Crippen LogP contribution is -2.36. The first kappa shape index (κ1) is 17.2. The molecule has 0 saturated carbocycles. The Morgan fingerprint density at radius 3 is 2.67 bits per heavy atom. The van der Waals surface area contributed by atoms with Gasteiger partial charge < -0.3 is 29.9 Å². The number of hydrogen-bond donors (Lipinski definition) is 4. The van der Waals surface area contributed by atoms with Gasteiger partial charge in [-0.05, 0) is 30.7 Å². The number of carbonyl (C=O) groups is 1. The van der Waals surface area contributed by atoms with Gasteiger partial charge in [0.15, 0.2) is 17.3 Å².